The molecular formula is C18H19ClN2O3. The molecule has 0 fully saturated rings. The smallest absolute Gasteiger partial charge is 0.260 e. The molecule has 24 heavy (non-hydrogen) atoms. The van der Waals surface area contributed by atoms with E-state index in [0.717, 1.165) is 5.56 Å². The summed E-state index contributed by atoms with van der Waals surface area (Å²) in [6.07, 6.45) is 0. The zero-order chi connectivity index (χ0) is 17.5. The van der Waals surface area contributed by atoms with E-state index in [2.05, 4.69) is 5.32 Å². The molecule has 0 spiro atoms. The third kappa shape index (κ3) is 5.28. The second-order valence-corrected chi connectivity index (χ2v) is 5.79. The van der Waals surface area contributed by atoms with Gasteiger partial charge in [0, 0.05) is 7.05 Å². The van der Waals surface area contributed by atoms with Crippen molar-refractivity contribution in [3.63, 3.8) is 0 Å². The van der Waals surface area contributed by atoms with Crippen LogP contribution in [0.1, 0.15) is 5.56 Å². The number of hydrogen-bond acceptors (Lipinski definition) is 3. The SMILES string of the molecule is Cc1ccc(OCC(=O)N(C)CC(=O)Nc2ccccc2Cl)cc1. The number of nitrogens with zero attached hydrogens (tertiary/aromatic N) is 1. The maximum absolute atomic E-state index is 12.0. The first-order chi connectivity index (χ1) is 11.5. The summed E-state index contributed by atoms with van der Waals surface area (Å²) in [5.74, 6) is 0.00189. The number of rotatable bonds is 6. The van der Waals surface area contributed by atoms with E-state index in [9.17, 15) is 9.59 Å². The summed E-state index contributed by atoms with van der Waals surface area (Å²) in [7, 11) is 1.55. The van der Waals surface area contributed by atoms with Gasteiger partial charge >= 0.3 is 0 Å². The molecule has 126 valence electrons. The molecule has 0 atom stereocenters. The minimum absolute atomic E-state index is 0.0820. The average Bonchev–Trinajstić information content (AvgIpc) is 2.56. The minimum Gasteiger partial charge on any atom is -0.484 e. The van der Waals surface area contributed by atoms with Gasteiger partial charge in [0.1, 0.15) is 5.75 Å². The molecule has 2 aromatic rings. The van der Waals surface area contributed by atoms with Gasteiger partial charge in [0.2, 0.25) is 5.91 Å². The number of ether oxygens (including phenoxy) is 1. The van der Waals surface area contributed by atoms with Crippen LogP contribution in [-0.4, -0.2) is 36.9 Å². The third-order valence-corrected chi connectivity index (χ3v) is 3.67. The lowest BCUT2D eigenvalue weighted by atomic mass is 10.2. The maximum Gasteiger partial charge on any atom is 0.260 e. The summed E-state index contributed by atoms with van der Waals surface area (Å²) in [6, 6.07) is 14.3. The average molecular weight is 347 g/mol. The Labute approximate surface area is 146 Å². The van der Waals surface area contributed by atoms with Crippen molar-refractivity contribution in [1.82, 2.24) is 4.90 Å². The number of aryl methyl sites for hydroxylation is 1. The van der Waals surface area contributed by atoms with Crippen LogP contribution in [0, 0.1) is 6.92 Å². The number of benzene rings is 2. The van der Waals surface area contributed by atoms with Crippen LogP contribution in [0.2, 0.25) is 5.02 Å². The van der Waals surface area contributed by atoms with E-state index in [1.807, 2.05) is 19.1 Å². The Bertz CT molecular complexity index is 716. The summed E-state index contributed by atoms with van der Waals surface area (Å²) in [4.78, 5) is 25.3. The largest absolute Gasteiger partial charge is 0.484 e. The van der Waals surface area contributed by atoms with E-state index >= 15 is 0 Å². The Hall–Kier alpha value is -2.53. The van der Waals surface area contributed by atoms with E-state index in [0.29, 0.717) is 16.5 Å². The lowest BCUT2D eigenvalue weighted by Gasteiger charge is -2.17. The van der Waals surface area contributed by atoms with Crippen LogP contribution in [0.15, 0.2) is 48.5 Å². The lowest BCUT2D eigenvalue weighted by Crippen LogP contribution is -2.37. The van der Waals surface area contributed by atoms with Gasteiger partial charge in [-0.15, -0.1) is 0 Å². The number of halogens is 1. The maximum atomic E-state index is 12.0. The molecule has 5 nitrogen and oxygen atoms in total. The van der Waals surface area contributed by atoms with Crippen molar-refractivity contribution in [2.45, 2.75) is 6.92 Å². The zero-order valence-electron chi connectivity index (χ0n) is 13.6. The predicted molar refractivity (Wildman–Crippen MR) is 94.4 cm³/mol. The van der Waals surface area contributed by atoms with E-state index in [4.69, 9.17) is 16.3 Å². The summed E-state index contributed by atoms with van der Waals surface area (Å²) in [5, 5.41) is 3.12. The Balaban J connectivity index is 1.81. The first-order valence-electron chi connectivity index (χ1n) is 7.43. The highest BCUT2D eigenvalue weighted by molar-refractivity contribution is 6.33. The number of hydrogen-bond donors (Lipinski definition) is 1. The Kier molecular flexibility index (Phi) is 6.21. The van der Waals surface area contributed by atoms with Crippen molar-refractivity contribution in [1.29, 1.82) is 0 Å². The van der Waals surface area contributed by atoms with Crippen molar-refractivity contribution in [2.24, 2.45) is 0 Å². The van der Waals surface area contributed by atoms with E-state index < -0.39 is 0 Å². The fourth-order valence-electron chi connectivity index (χ4n) is 1.95. The fraction of sp³-hybridized carbons (Fsp3) is 0.222. The predicted octanol–water partition coefficient (Wildman–Crippen LogP) is 3.12. The standard InChI is InChI=1S/C18H19ClN2O3/c1-13-7-9-14(10-8-13)24-12-18(23)21(2)11-17(22)20-16-6-4-3-5-15(16)19/h3-10H,11-12H2,1-2H3,(H,20,22). The first kappa shape index (κ1) is 17.8. The molecule has 2 aromatic carbocycles. The van der Waals surface area contributed by atoms with Gasteiger partial charge in [0.15, 0.2) is 6.61 Å². The molecule has 0 unspecified atom stereocenters. The van der Waals surface area contributed by atoms with E-state index in [-0.39, 0.29) is 25.0 Å². The molecule has 0 aliphatic carbocycles. The summed E-state index contributed by atoms with van der Waals surface area (Å²) in [5.41, 5.74) is 1.63. The second-order valence-electron chi connectivity index (χ2n) is 5.38. The van der Waals surface area contributed by atoms with Gasteiger partial charge in [-0.25, -0.2) is 0 Å². The van der Waals surface area contributed by atoms with Crippen LogP contribution >= 0.6 is 11.6 Å². The van der Waals surface area contributed by atoms with Crippen LogP contribution in [-0.2, 0) is 9.59 Å². The molecule has 6 heteroatoms. The molecule has 0 radical (unpaired) electrons. The highest BCUT2D eigenvalue weighted by Crippen LogP contribution is 2.20. The van der Waals surface area contributed by atoms with Crippen molar-refractivity contribution >= 4 is 29.1 Å². The lowest BCUT2D eigenvalue weighted by molar-refractivity contribution is -0.135. The monoisotopic (exact) mass is 346 g/mol. The molecule has 0 aromatic heterocycles. The molecule has 0 bridgehead atoms. The highest BCUT2D eigenvalue weighted by atomic mass is 35.5. The first-order valence-corrected chi connectivity index (χ1v) is 7.81. The van der Waals surface area contributed by atoms with Crippen molar-refractivity contribution in [3.8, 4) is 5.75 Å². The second kappa shape index (κ2) is 8.36. The number of anilines is 1. The molecule has 2 rings (SSSR count). The number of likely N-dealkylation sites (N-methyl/N-ethyl adjacent to an activating group) is 1. The number of nitrogens with one attached hydrogen (secondary N) is 1. The number of carbonyl (C=O) groups is 2. The summed E-state index contributed by atoms with van der Waals surface area (Å²) in [6.45, 7) is 1.76. The number of amides is 2. The van der Waals surface area contributed by atoms with Gasteiger partial charge < -0.3 is 15.0 Å². The molecular weight excluding hydrogens is 328 g/mol. The van der Waals surface area contributed by atoms with Crippen LogP contribution in [0.25, 0.3) is 0 Å². The normalized spacial score (nSPS) is 10.1. The van der Waals surface area contributed by atoms with Gasteiger partial charge in [-0.2, -0.15) is 0 Å². The van der Waals surface area contributed by atoms with Gasteiger partial charge in [-0.3, -0.25) is 9.59 Å². The zero-order valence-corrected chi connectivity index (χ0v) is 14.3. The summed E-state index contributed by atoms with van der Waals surface area (Å²) < 4.78 is 5.42. The van der Waals surface area contributed by atoms with E-state index in [1.54, 1.807) is 43.4 Å². The van der Waals surface area contributed by atoms with Crippen LogP contribution in [0.5, 0.6) is 5.75 Å². The molecule has 0 saturated carbocycles. The van der Waals surface area contributed by atoms with Crippen LogP contribution in [0.3, 0.4) is 0 Å². The van der Waals surface area contributed by atoms with Crippen molar-refractivity contribution < 1.29 is 14.3 Å². The Morgan fingerprint density at radius 2 is 1.79 bits per heavy atom. The molecule has 1 N–H and O–H groups in total. The fourth-order valence-corrected chi connectivity index (χ4v) is 2.13. The van der Waals surface area contributed by atoms with Crippen LogP contribution < -0.4 is 10.1 Å². The number of para-hydroxylation sites is 1. The minimum atomic E-state index is -0.325. The molecule has 2 amide bonds. The third-order valence-electron chi connectivity index (χ3n) is 3.34. The molecule has 0 aliphatic rings. The number of carbonyl (C=O) groups excluding carboxylic acids is 2. The quantitative estimate of drug-likeness (QED) is 0.874. The van der Waals surface area contributed by atoms with Crippen molar-refractivity contribution in [2.75, 3.05) is 25.5 Å². The molecule has 0 aliphatic heterocycles. The Morgan fingerprint density at radius 1 is 1.12 bits per heavy atom. The van der Waals surface area contributed by atoms with Gasteiger partial charge in [-0.05, 0) is 31.2 Å². The Morgan fingerprint density at radius 3 is 2.46 bits per heavy atom. The van der Waals surface area contributed by atoms with Gasteiger partial charge in [0.25, 0.3) is 5.91 Å². The van der Waals surface area contributed by atoms with Crippen LogP contribution in [0.4, 0.5) is 5.69 Å². The molecule has 0 saturated heterocycles. The van der Waals surface area contributed by atoms with Gasteiger partial charge in [0.05, 0.1) is 17.3 Å². The van der Waals surface area contributed by atoms with Crippen molar-refractivity contribution in [3.05, 3.63) is 59.1 Å². The van der Waals surface area contributed by atoms with Gasteiger partial charge in [-0.1, -0.05) is 41.4 Å². The summed E-state index contributed by atoms with van der Waals surface area (Å²) >= 11 is 5.98. The van der Waals surface area contributed by atoms with E-state index in [1.165, 1.54) is 4.90 Å². The topological polar surface area (TPSA) is 58.6 Å². The molecule has 0 heterocycles. The highest BCUT2D eigenvalue weighted by Gasteiger charge is 2.14.